The number of hydrogen-bond acceptors (Lipinski definition) is 3. The Hall–Kier alpha value is -1.36. The van der Waals surface area contributed by atoms with Gasteiger partial charge in [-0.1, -0.05) is 24.3 Å². The molecule has 1 fully saturated rings. The van der Waals surface area contributed by atoms with Gasteiger partial charge in [0.25, 0.3) is 0 Å². The van der Waals surface area contributed by atoms with Gasteiger partial charge in [0.05, 0.1) is 16.9 Å². The van der Waals surface area contributed by atoms with Gasteiger partial charge in [0, 0.05) is 0 Å². The van der Waals surface area contributed by atoms with Crippen LogP contribution in [0.25, 0.3) is 0 Å². The molecule has 0 heterocycles. The first-order chi connectivity index (χ1) is 9.40. The summed E-state index contributed by atoms with van der Waals surface area (Å²) in [6.07, 6.45) is 1.86. The molecule has 0 radical (unpaired) electrons. The maximum absolute atomic E-state index is 12.4. The Labute approximate surface area is 119 Å². The summed E-state index contributed by atoms with van der Waals surface area (Å²) in [6, 6.07) is 7.49. The molecule has 1 saturated carbocycles. The van der Waals surface area contributed by atoms with Gasteiger partial charge in [0.2, 0.25) is 0 Å². The zero-order valence-electron chi connectivity index (χ0n) is 11.6. The third kappa shape index (κ3) is 3.39. The molecule has 20 heavy (non-hydrogen) atoms. The van der Waals surface area contributed by atoms with Gasteiger partial charge in [-0.3, -0.25) is 4.79 Å². The lowest BCUT2D eigenvalue weighted by atomic mass is 9.89. The molecule has 2 rings (SSSR count). The number of benzene rings is 1. The van der Waals surface area contributed by atoms with Crippen molar-refractivity contribution >= 4 is 15.8 Å². The van der Waals surface area contributed by atoms with E-state index in [0.29, 0.717) is 25.7 Å². The zero-order valence-corrected chi connectivity index (χ0v) is 12.4. The average Bonchev–Trinajstić information content (AvgIpc) is 2.41. The van der Waals surface area contributed by atoms with Crippen LogP contribution in [0.15, 0.2) is 24.3 Å². The van der Waals surface area contributed by atoms with Crippen LogP contribution in [0.1, 0.15) is 36.8 Å². The molecule has 0 amide bonds. The van der Waals surface area contributed by atoms with E-state index in [1.54, 1.807) is 0 Å². The van der Waals surface area contributed by atoms with Crippen molar-refractivity contribution in [2.24, 2.45) is 5.92 Å². The molecule has 0 aromatic heterocycles. The summed E-state index contributed by atoms with van der Waals surface area (Å²) in [4.78, 5) is 10.9. The number of carboxylic acids is 1. The van der Waals surface area contributed by atoms with Gasteiger partial charge in [0.1, 0.15) is 0 Å². The smallest absolute Gasteiger partial charge is 0.306 e. The molecular weight excluding hydrogens is 276 g/mol. The third-order valence-corrected chi connectivity index (χ3v) is 6.35. The fourth-order valence-electron chi connectivity index (χ4n) is 2.78. The maximum Gasteiger partial charge on any atom is 0.306 e. The Bertz CT molecular complexity index is 584. The number of aryl methyl sites for hydroxylation is 1. The first kappa shape index (κ1) is 15.0. The number of carboxylic acid groups (broad SMARTS) is 1. The average molecular weight is 296 g/mol. The molecule has 0 atom stereocenters. The van der Waals surface area contributed by atoms with Crippen molar-refractivity contribution in [1.82, 2.24) is 0 Å². The summed E-state index contributed by atoms with van der Waals surface area (Å²) >= 11 is 0. The van der Waals surface area contributed by atoms with Gasteiger partial charge in [-0.15, -0.1) is 0 Å². The topological polar surface area (TPSA) is 71.4 Å². The minimum Gasteiger partial charge on any atom is -0.481 e. The second kappa shape index (κ2) is 5.95. The van der Waals surface area contributed by atoms with Crippen molar-refractivity contribution < 1.29 is 18.3 Å². The van der Waals surface area contributed by atoms with Crippen molar-refractivity contribution in [3.05, 3.63) is 35.4 Å². The Morgan fingerprint density at radius 3 is 2.35 bits per heavy atom. The van der Waals surface area contributed by atoms with Crippen LogP contribution in [0.3, 0.4) is 0 Å². The standard InChI is InChI=1S/C15H20O4S/c1-11-4-2-3-5-13(11)10-20(18,19)14-8-6-12(7-9-14)15(16)17/h2-5,12,14H,6-10H2,1H3,(H,16,17). The van der Waals surface area contributed by atoms with Gasteiger partial charge < -0.3 is 5.11 Å². The highest BCUT2D eigenvalue weighted by Crippen LogP contribution is 2.30. The van der Waals surface area contributed by atoms with E-state index in [1.165, 1.54) is 0 Å². The quantitative estimate of drug-likeness (QED) is 0.927. The van der Waals surface area contributed by atoms with Gasteiger partial charge in [0.15, 0.2) is 9.84 Å². The second-order valence-electron chi connectivity index (χ2n) is 5.55. The SMILES string of the molecule is Cc1ccccc1CS(=O)(=O)C1CCC(C(=O)O)CC1. The number of sulfone groups is 1. The summed E-state index contributed by atoms with van der Waals surface area (Å²) in [5, 5.41) is 8.56. The summed E-state index contributed by atoms with van der Waals surface area (Å²) in [5.74, 6) is -1.12. The molecule has 0 bridgehead atoms. The number of rotatable bonds is 4. The van der Waals surface area contributed by atoms with E-state index in [9.17, 15) is 13.2 Å². The van der Waals surface area contributed by atoms with E-state index in [2.05, 4.69) is 0 Å². The largest absolute Gasteiger partial charge is 0.481 e. The molecule has 5 heteroatoms. The summed E-state index contributed by atoms with van der Waals surface area (Å²) in [6.45, 7) is 1.91. The van der Waals surface area contributed by atoms with Crippen molar-refractivity contribution in [1.29, 1.82) is 0 Å². The van der Waals surface area contributed by atoms with Gasteiger partial charge in [-0.05, 0) is 43.7 Å². The van der Waals surface area contributed by atoms with E-state index in [-0.39, 0.29) is 11.7 Å². The first-order valence-corrected chi connectivity index (χ1v) is 8.60. The van der Waals surface area contributed by atoms with E-state index in [1.807, 2.05) is 31.2 Å². The first-order valence-electron chi connectivity index (χ1n) is 6.89. The summed E-state index contributed by atoms with van der Waals surface area (Å²) in [7, 11) is -3.20. The molecule has 1 aromatic carbocycles. The lowest BCUT2D eigenvalue weighted by molar-refractivity contribution is -0.142. The van der Waals surface area contributed by atoms with Crippen molar-refractivity contribution in [3.8, 4) is 0 Å². The summed E-state index contributed by atoms with van der Waals surface area (Å²) in [5.41, 5.74) is 1.82. The normalized spacial score (nSPS) is 23.4. The Morgan fingerprint density at radius 1 is 1.20 bits per heavy atom. The van der Waals surface area contributed by atoms with Crippen LogP contribution >= 0.6 is 0 Å². The monoisotopic (exact) mass is 296 g/mol. The molecule has 0 spiro atoms. The zero-order chi connectivity index (χ0) is 14.8. The fourth-order valence-corrected chi connectivity index (χ4v) is 4.76. The lowest BCUT2D eigenvalue weighted by Crippen LogP contribution is -2.30. The highest BCUT2D eigenvalue weighted by atomic mass is 32.2. The molecule has 0 aliphatic heterocycles. The molecule has 1 N–H and O–H groups in total. The van der Waals surface area contributed by atoms with Crippen LogP contribution in [0.4, 0.5) is 0 Å². The minimum atomic E-state index is -3.20. The summed E-state index contributed by atoms with van der Waals surface area (Å²) < 4.78 is 24.9. The van der Waals surface area contributed by atoms with E-state index in [0.717, 1.165) is 11.1 Å². The van der Waals surface area contributed by atoms with E-state index in [4.69, 9.17) is 5.11 Å². The van der Waals surface area contributed by atoms with Gasteiger partial charge in [-0.25, -0.2) is 8.42 Å². The van der Waals surface area contributed by atoms with E-state index < -0.39 is 21.1 Å². The molecule has 1 aliphatic carbocycles. The van der Waals surface area contributed by atoms with Crippen LogP contribution in [-0.4, -0.2) is 24.7 Å². The Morgan fingerprint density at radius 2 is 1.80 bits per heavy atom. The van der Waals surface area contributed by atoms with Crippen molar-refractivity contribution in [2.45, 2.75) is 43.6 Å². The number of hydrogen-bond donors (Lipinski definition) is 1. The predicted octanol–water partition coefficient (Wildman–Crippen LogP) is 2.55. The second-order valence-corrected chi connectivity index (χ2v) is 7.83. The van der Waals surface area contributed by atoms with Crippen LogP contribution in [0.2, 0.25) is 0 Å². The van der Waals surface area contributed by atoms with Crippen LogP contribution in [0, 0.1) is 12.8 Å². The molecule has 1 aromatic rings. The molecular formula is C15H20O4S. The van der Waals surface area contributed by atoms with Crippen LogP contribution < -0.4 is 0 Å². The van der Waals surface area contributed by atoms with E-state index >= 15 is 0 Å². The number of carbonyl (C=O) groups is 1. The third-order valence-electron chi connectivity index (χ3n) is 4.15. The maximum atomic E-state index is 12.4. The number of aliphatic carboxylic acids is 1. The molecule has 1 aliphatic rings. The molecule has 0 saturated heterocycles. The van der Waals surface area contributed by atoms with Crippen LogP contribution in [0.5, 0.6) is 0 Å². The van der Waals surface area contributed by atoms with Crippen molar-refractivity contribution in [3.63, 3.8) is 0 Å². The molecule has 110 valence electrons. The van der Waals surface area contributed by atoms with Gasteiger partial charge in [-0.2, -0.15) is 0 Å². The highest BCUT2D eigenvalue weighted by Gasteiger charge is 2.33. The lowest BCUT2D eigenvalue weighted by Gasteiger charge is -2.26. The van der Waals surface area contributed by atoms with Crippen LogP contribution in [-0.2, 0) is 20.4 Å². The van der Waals surface area contributed by atoms with Gasteiger partial charge >= 0.3 is 5.97 Å². The highest BCUT2D eigenvalue weighted by molar-refractivity contribution is 7.91. The molecule has 4 nitrogen and oxygen atoms in total. The minimum absolute atomic E-state index is 0.0576. The van der Waals surface area contributed by atoms with Crippen molar-refractivity contribution in [2.75, 3.05) is 0 Å². The Balaban J connectivity index is 2.05. The Kier molecular flexibility index (Phi) is 4.48. The molecule has 0 unspecified atom stereocenters. The fraction of sp³-hybridized carbons (Fsp3) is 0.533. The predicted molar refractivity (Wildman–Crippen MR) is 77.2 cm³/mol.